The molecule has 1 aliphatic rings. The fourth-order valence-corrected chi connectivity index (χ4v) is 1.35. The maximum absolute atomic E-state index is 4.94. The summed E-state index contributed by atoms with van der Waals surface area (Å²) >= 11 is 0. The predicted molar refractivity (Wildman–Crippen MR) is 60.6 cm³/mol. The van der Waals surface area contributed by atoms with E-state index in [-0.39, 0.29) is 0 Å². The molecule has 0 amide bonds. The minimum absolute atomic E-state index is 0.659. The molecule has 0 saturated carbocycles. The normalized spacial score (nSPS) is 15.1. The highest BCUT2D eigenvalue weighted by atomic mass is 16.5. The summed E-state index contributed by atoms with van der Waals surface area (Å²) < 4.78 is 4.94. The van der Waals surface area contributed by atoms with Gasteiger partial charge in [-0.3, -0.25) is 0 Å². The van der Waals surface area contributed by atoms with E-state index in [1.807, 2.05) is 6.07 Å². The van der Waals surface area contributed by atoms with Crippen molar-refractivity contribution in [3.8, 4) is 0 Å². The Bertz CT molecular complexity index is 217. The van der Waals surface area contributed by atoms with Crippen LogP contribution < -0.4 is 0 Å². The van der Waals surface area contributed by atoms with Crippen LogP contribution in [0.1, 0.15) is 38.2 Å². The summed E-state index contributed by atoms with van der Waals surface area (Å²) in [5, 5.41) is 0. The molecule has 0 spiro atoms. The lowest BCUT2D eigenvalue weighted by Gasteiger charge is -2.01. The molecule has 0 atom stereocenters. The zero-order valence-electron chi connectivity index (χ0n) is 9.20. The van der Waals surface area contributed by atoms with E-state index in [0.29, 0.717) is 5.92 Å². The lowest BCUT2D eigenvalue weighted by Crippen LogP contribution is -1.83. The van der Waals surface area contributed by atoms with Gasteiger partial charge in [0.15, 0.2) is 0 Å². The van der Waals surface area contributed by atoms with E-state index >= 15 is 0 Å². The third-order valence-electron chi connectivity index (χ3n) is 2.29. The SMILES string of the molecule is C1CCOC1.CC(C)c1ccccc1. The highest BCUT2D eigenvalue weighted by Crippen LogP contribution is 2.11. The Morgan fingerprint density at radius 3 is 1.86 bits per heavy atom. The van der Waals surface area contributed by atoms with Gasteiger partial charge in [0.2, 0.25) is 0 Å². The first-order valence-electron chi connectivity index (χ1n) is 5.43. The maximum Gasteiger partial charge on any atom is 0.0466 e. The quantitative estimate of drug-likeness (QED) is 0.660. The fourth-order valence-electron chi connectivity index (χ4n) is 1.35. The number of hydrogen-bond acceptors (Lipinski definition) is 1. The molecule has 1 saturated heterocycles. The molecule has 1 fully saturated rings. The van der Waals surface area contributed by atoms with Crippen molar-refractivity contribution in [2.45, 2.75) is 32.6 Å². The number of ether oxygens (including phenoxy) is 1. The molecule has 0 bridgehead atoms. The van der Waals surface area contributed by atoms with Crippen LogP contribution >= 0.6 is 0 Å². The molecule has 1 aromatic rings. The molecule has 1 heterocycles. The van der Waals surface area contributed by atoms with Crippen LogP contribution in [-0.2, 0) is 4.74 Å². The van der Waals surface area contributed by atoms with Crippen LogP contribution in [0.5, 0.6) is 0 Å². The highest BCUT2D eigenvalue weighted by Gasteiger charge is 1.95. The second-order valence-electron chi connectivity index (χ2n) is 3.88. The summed E-state index contributed by atoms with van der Waals surface area (Å²) in [5.41, 5.74) is 1.41. The van der Waals surface area contributed by atoms with Crippen LogP contribution in [0.2, 0.25) is 0 Å². The van der Waals surface area contributed by atoms with E-state index in [1.165, 1.54) is 18.4 Å². The van der Waals surface area contributed by atoms with Gasteiger partial charge in [0.1, 0.15) is 0 Å². The number of rotatable bonds is 1. The molecular weight excluding hydrogens is 172 g/mol. The smallest absolute Gasteiger partial charge is 0.0466 e. The average molecular weight is 192 g/mol. The van der Waals surface area contributed by atoms with Gasteiger partial charge in [-0.2, -0.15) is 0 Å². The molecule has 0 unspecified atom stereocenters. The van der Waals surface area contributed by atoms with Crippen molar-refractivity contribution in [2.24, 2.45) is 0 Å². The fraction of sp³-hybridized carbons (Fsp3) is 0.538. The first-order valence-corrected chi connectivity index (χ1v) is 5.43. The van der Waals surface area contributed by atoms with Gasteiger partial charge >= 0.3 is 0 Å². The molecule has 0 N–H and O–H groups in total. The molecule has 1 heteroatoms. The third kappa shape index (κ3) is 4.43. The van der Waals surface area contributed by atoms with Crippen molar-refractivity contribution < 1.29 is 4.74 Å². The second-order valence-corrected chi connectivity index (χ2v) is 3.88. The van der Waals surface area contributed by atoms with Gasteiger partial charge in [-0.05, 0) is 24.3 Å². The Kier molecular flexibility index (Phi) is 5.31. The maximum atomic E-state index is 4.94. The Balaban J connectivity index is 0.000000165. The molecule has 2 rings (SSSR count). The van der Waals surface area contributed by atoms with Crippen LogP contribution in [-0.4, -0.2) is 13.2 Å². The first-order chi connectivity index (χ1) is 6.80. The van der Waals surface area contributed by atoms with Crippen LogP contribution in [0, 0.1) is 0 Å². The van der Waals surface area contributed by atoms with Gasteiger partial charge in [-0.25, -0.2) is 0 Å². The standard InChI is InChI=1S/C9H12.C4H8O/c1-8(2)9-6-4-3-5-7-9;1-2-4-5-3-1/h3-8H,1-2H3;1-4H2. The predicted octanol–water partition coefficient (Wildman–Crippen LogP) is 3.61. The van der Waals surface area contributed by atoms with Crippen molar-refractivity contribution in [3.05, 3.63) is 35.9 Å². The van der Waals surface area contributed by atoms with E-state index in [1.54, 1.807) is 0 Å². The van der Waals surface area contributed by atoms with Gasteiger partial charge in [0.05, 0.1) is 0 Å². The summed E-state index contributed by atoms with van der Waals surface area (Å²) in [5.74, 6) is 0.659. The van der Waals surface area contributed by atoms with Crippen molar-refractivity contribution in [1.29, 1.82) is 0 Å². The number of hydrogen-bond donors (Lipinski definition) is 0. The zero-order chi connectivity index (χ0) is 10.2. The molecule has 1 nitrogen and oxygen atoms in total. The van der Waals surface area contributed by atoms with E-state index in [0.717, 1.165) is 13.2 Å². The van der Waals surface area contributed by atoms with Gasteiger partial charge in [-0.1, -0.05) is 44.2 Å². The Morgan fingerprint density at radius 2 is 1.57 bits per heavy atom. The molecule has 0 aliphatic carbocycles. The molecule has 1 aliphatic heterocycles. The van der Waals surface area contributed by atoms with Gasteiger partial charge in [0.25, 0.3) is 0 Å². The van der Waals surface area contributed by atoms with Gasteiger partial charge in [-0.15, -0.1) is 0 Å². The van der Waals surface area contributed by atoms with Crippen LogP contribution in [0.3, 0.4) is 0 Å². The summed E-state index contributed by atoms with van der Waals surface area (Å²) in [7, 11) is 0. The molecular formula is C13H20O. The van der Waals surface area contributed by atoms with Crippen molar-refractivity contribution in [2.75, 3.05) is 13.2 Å². The summed E-state index contributed by atoms with van der Waals surface area (Å²) in [4.78, 5) is 0. The summed E-state index contributed by atoms with van der Waals surface area (Å²) in [6.45, 7) is 6.41. The van der Waals surface area contributed by atoms with E-state index in [4.69, 9.17) is 4.74 Å². The molecule has 0 aromatic heterocycles. The Hall–Kier alpha value is -0.820. The van der Waals surface area contributed by atoms with Gasteiger partial charge < -0.3 is 4.74 Å². The van der Waals surface area contributed by atoms with Crippen molar-refractivity contribution in [1.82, 2.24) is 0 Å². The number of benzene rings is 1. The minimum atomic E-state index is 0.659. The largest absolute Gasteiger partial charge is 0.381 e. The summed E-state index contributed by atoms with van der Waals surface area (Å²) in [6.07, 6.45) is 2.56. The topological polar surface area (TPSA) is 9.23 Å². The lowest BCUT2D eigenvalue weighted by atomic mass is 10.0. The minimum Gasteiger partial charge on any atom is -0.381 e. The molecule has 14 heavy (non-hydrogen) atoms. The summed E-state index contributed by atoms with van der Waals surface area (Å²) in [6, 6.07) is 10.5. The molecule has 0 radical (unpaired) electrons. The van der Waals surface area contributed by atoms with E-state index < -0.39 is 0 Å². The van der Waals surface area contributed by atoms with Crippen molar-refractivity contribution in [3.63, 3.8) is 0 Å². The average Bonchev–Trinajstić information content (AvgIpc) is 2.77. The monoisotopic (exact) mass is 192 g/mol. The second kappa shape index (κ2) is 6.61. The Morgan fingerprint density at radius 1 is 1.00 bits per heavy atom. The molecule has 78 valence electrons. The van der Waals surface area contributed by atoms with E-state index in [2.05, 4.69) is 38.1 Å². The highest BCUT2D eigenvalue weighted by molar-refractivity contribution is 5.17. The third-order valence-corrected chi connectivity index (χ3v) is 2.29. The van der Waals surface area contributed by atoms with Crippen molar-refractivity contribution >= 4 is 0 Å². The molecule has 1 aromatic carbocycles. The van der Waals surface area contributed by atoms with Crippen LogP contribution in [0.25, 0.3) is 0 Å². The van der Waals surface area contributed by atoms with Crippen LogP contribution in [0.4, 0.5) is 0 Å². The Labute approximate surface area is 87.1 Å². The lowest BCUT2D eigenvalue weighted by molar-refractivity contribution is 0.198. The van der Waals surface area contributed by atoms with Crippen LogP contribution in [0.15, 0.2) is 30.3 Å². The zero-order valence-corrected chi connectivity index (χ0v) is 9.20. The van der Waals surface area contributed by atoms with E-state index in [9.17, 15) is 0 Å². The first kappa shape index (κ1) is 11.3. The van der Waals surface area contributed by atoms with Gasteiger partial charge in [0, 0.05) is 13.2 Å².